The van der Waals surface area contributed by atoms with Crippen LogP contribution in [0.4, 0.5) is 11.5 Å². The molecule has 0 unspecified atom stereocenters. The molecule has 1 aromatic heterocycles. The molecular weight excluding hydrogens is 260 g/mol. The molecule has 21 heavy (non-hydrogen) atoms. The summed E-state index contributed by atoms with van der Waals surface area (Å²) in [6.07, 6.45) is 1.60. The Kier molecular flexibility index (Phi) is 3.69. The molecule has 3 rings (SSSR count). The van der Waals surface area contributed by atoms with E-state index in [1.165, 1.54) is 5.56 Å². The van der Waals surface area contributed by atoms with Crippen molar-refractivity contribution in [2.45, 2.75) is 13.5 Å². The highest BCUT2D eigenvalue weighted by molar-refractivity contribution is 5.91. The van der Waals surface area contributed by atoms with Gasteiger partial charge in [0.15, 0.2) is 0 Å². The number of nitrogens with zero attached hydrogens (tertiary/aromatic N) is 3. The minimum absolute atomic E-state index is 0.721. The molecule has 2 aromatic carbocycles. The summed E-state index contributed by atoms with van der Waals surface area (Å²) >= 11 is 0. The fourth-order valence-corrected chi connectivity index (χ4v) is 2.45. The monoisotopic (exact) mass is 278 g/mol. The van der Waals surface area contributed by atoms with Gasteiger partial charge in [0.25, 0.3) is 0 Å². The lowest BCUT2D eigenvalue weighted by Crippen LogP contribution is -2.23. The Labute approximate surface area is 124 Å². The Bertz CT molecular complexity index is 740. The first-order chi connectivity index (χ1) is 10.3. The molecule has 0 saturated carbocycles. The SMILES string of the molecule is CCN(Cc1ccccc1)c1ncnc2cc(N)ccc12. The van der Waals surface area contributed by atoms with Crippen molar-refractivity contribution in [2.24, 2.45) is 0 Å². The van der Waals surface area contributed by atoms with E-state index in [1.54, 1.807) is 6.33 Å². The second-order valence-electron chi connectivity index (χ2n) is 4.97. The first kappa shape index (κ1) is 13.4. The van der Waals surface area contributed by atoms with E-state index in [0.29, 0.717) is 0 Å². The third-order valence-electron chi connectivity index (χ3n) is 3.54. The molecule has 4 heteroatoms. The van der Waals surface area contributed by atoms with Gasteiger partial charge in [-0.15, -0.1) is 0 Å². The maximum atomic E-state index is 5.83. The molecular formula is C17H18N4. The first-order valence-corrected chi connectivity index (χ1v) is 7.07. The highest BCUT2D eigenvalue weighted by Crippen LogP contribution is 2.25. The van der Waals surface area contributed by atoms with Gasteiger partial charge < -0.3 is 10.6 Å². The molecule has 1 heterocycles. The molecule has 2 N–H and O–H groups in total. The zero-order valence-corrected chi connectivity index (χ0v) is 12.0. The largest absolute Gasteiger partial charge is 0.399 e. The number of hydrogen-bond donors (Lipinski definition) is 1. The number of benzene rings is 2. The van der Waals surface area contributed by atoms with Crippen molar-refractivity contribution in [3.63, 3.8) is 0 Å². The molecule has 0 radical (unpaired) electrons. The van der Waals surface area contributed by atoms with Gasteiger partial charge in [-0.3, -0.25) is 0 Å². The summed E-state index contributed by atoms with van der Waals surface area (Å²) in [5.74, 6) is 0.950. The Morgan fingerprint density at radius 1 is 1.05 bits per heavy atom. The summed E-state index contributed by atoms with van der Waals surface area (Å²) in [6, 6.07) is 16.2. The minimum atomic E-state index is 0.721. The molecule has 0 aliphatic carbocycles. The average molecular weight is 278 g/mol. The molecule has 0 aliphatic heterocycles. The Balaban J connectivity index is 2.01. The van der Waals surface area contributed by atoms with Gasteiger partial charge in [0, 0.05) is 24.2 Å². The van der Waals surface area contributed by atoms with E-state index >= 15 is 0 Å². The standard InChI is InChI=1S/C17H18N4/c1-2-21(11-13-6-4-3-5-7-13)17-15-9-8-14(18)10-16(15)19-12-20-17/h3-10,12H,2,11,18H2,1H3. The number of aromatic nitrogens is 2. The van der Waals surface area contributed by atoms with Crippen LogP contribution in [0.1, 0.15) is 12.5 Å². The van der Waals surface area contributed by atoms with Crippen molar-refractivity contribution in [1.29, 1.82) is 0 Å². The fraction of sp³-hybridized carbons (Fsp3) is 0.176. The average Bonchev–Trinajstić information content (AvgIpc) is 2.53. The molecule has 0 fully saturated rings. The Morgan fingerprint density at radius 2 is 1.86 bits per heavy atom. The second kappa shape index (κ2) is 5.79. The van der Waals surface area contributed by atoms with Gasteiger partial charge in [0.2, 0.25) is 0 Å². The molecule has 0 spiro atoms. The third kappa shape index (κ3) is 2.79. The number of anilines is 2. The molecule has 0 aliphatic rings. The van der Waals surface area contributed by atoms with Gasteiger partial charge >= 0.3 is 0 Å². The summed E-state index contributed by atoms with van der Waals surface area (Å²) in [7, 11) is 0. The molecule has 106 valence electrons. The van der Waals surface area contributed by atoms with Crippen LogP contribution in [0.25, 0.3) is 10.9 Å². The van der Waals surface area contributed by atoms with Crippen LogP contribution in [-0.2, 0) is 6.54 Å². The van der Waals surface area contributed by atoms with Gasteiger partial charge in [-0.2, -0.15) is 0 Å². The van der Waals surface area contributed by atoms with E-state index in [9.17, 15) is 0 Å². The molecule has 4 nitrogen and oxygen atoms in total. The van der Waals surface area contributed by atoms with E-state index in [1.807, 2.05) is 24.3 Å². The fourth-order valence-electron chi connectivity index (χ4n) is 2.45. The van der Waals surface area contributed by atoms with Crippen molar-refractivity contribution >= 4 is 22.4 Å². The molecule has 0 saturated heterocycles. The van der Waals surface area contributed by atoms with Gasteiger partial charge in [0.1, 0.15) is 12.1 Å². The van der Waals surface area contributed by atoms with Crippen molar-refractivity contribution in [3.05, 3.63) is 60.4 Å². The Morgan fingerprint density at radius 3 is 2.62 bits per heavy atom. The topological polar surface area (TPSA) is 55.0 Å². The summed E-state index contributed by atoms with van der Waals surface area (Å²) < 4.78 is 0. The van der Waals surface area contributed by atoms with Crippen LogP contribution < -0.4 is 10.6 Å². The van der Waals surface area contributed by atoms with Crippen molar-refractivity contribution < 1.29 is 0 Å². The molecule has 0 bridgehead atoms. The lowest BCUT2D eigenvalue weighted by molar-refractivity contribution is 0.816. The predicted molar refractivity (Wildman–Crippen MR) is 87.1 cm³/mol. The Hall–Kier alpha value is -2.62. The van der Waals surface area contributed by atoms with Crippen LogP contribution in [0.3, 0.4) is 0 Å². The highest BCUT2D eigenvalue weighted by Gasteiger charge is 2.11. The third-order valence-corrected chi connectivity index (χ3v) is 3.54. The molecule has 0 atom stereocenters. The number of nitrogen functional groups attached to an aromatic ring is 1. The van der Waals surface area contributed by atoms with Crippen LogP contribution >= 0.6 is 0 Å². The quantitative estimate of drug-likeness (QED) is 0.744. The zero-order valence-electron chi connectivity index (χ0n) is 12.0. The number of fused-ring (bicyclic) bond motifs is 1. The molecule has 0 amide bonds. The summed E-state index contributed by atoms with van der Waals surface area (Å²) in [5.41, 5.74) is 8.70. The zero-order chi connectivity index (χ0) is 14.7. The van der Waals surface area contributed by atoms with Gasteiger partial charge in [-0.1, -0.05) is 30.3 Å². The van der Waals surface area contributed by atoms with Gasteiger partial charge in [-0.25, -0.2) is 9.97 Å². The summed E-state index contributed by atoms with van der Waals surface area (Å²) in [6.45, 7) is 3.84. The lowest BCUT2D eigenvalue weighted by atomic mass is 10.1. The van der Waals surface area contributed by atoms with E-state index in [2.05, 4.69) is 46.1 Å². The van der Waals surface area contributed by atoms with Crippen molar-refractivity contribution in [2.75, 3.05) is 17.2 Å². The van der Waals surface area contributed by atoms with Crippen LogP contribution in [0, 0.1) is 0 Å². The van der Waals surface area contributed by atoms with Crippen molar-refractivity contribution in [1.82, 2.24) is 9.97 Å². The lowest BCUT2D eigenvalue weighted by Gasteiger charge is -2.23. The second-order valence-corrected chi connectivity index (χ2v) is 4.97. The smallest absolute Gasteiger partial charge is 0.140 e. The van der Waals surface area contributed by atoms with Crippen LogP contribution in [-0.4, -0.2) is 16.5 Å². The van der Waals surface area contributed by atoms with E-state index < -0.39 is 0 Å². The predicted octanol–water partition coefficient (Wildman–Crippen LogP) is 3.24. The van der Waals surface area contributed by atoms with E-state index in [4.69, 9.17) is 5.73 Å². The van der Waals surface area contributed by atoms with E-state index in [-0.39, 0.29) is 0 Å². The number of nitrogens with two attached hydrogens (primary N) is 1. The maximum absolute atomic E-state index is 5.83. The molecule has 3 aromatic rings. The first-order valence-electron chi connectivity index (χ1n) is 7.07. The number of rotatable bonds is 4. The van der Waals surface area contributed by atoms with Gasteiger partial charge in [0.05, 0.1) is 5.52 Å². The minimum Gasteiger partial charge on any atom is -0.399 e. The van der Waals surface area contributed by atoms with Crippen molar-refractivity contribution in [3.8, 4) is 0 Å². The number of hydrogen-bond acceptors (Lipinski definition) is 4. The summed E-state index contributed by atoms with van der Waals surface area (Å²) in [5, 5.41) is 1.03. The maximum Gasteiger partial charge on any atom is 0.140 e. The normalized spacial score (nSPS) is 10.7. The highest BCUT2D eigenvalue weighted by atomic mass is 15.2. The van der Waals surface area contributed by atoms with Crippen LogP contribution in [0.2, 0.25) is 0 Å². The summed E-state index contributed by atoms with van der Waals surface area (Å²) in [4.78, 5) is 11.0. The van der Waals surface area contributed by atoms with Crippen LogP contribution in [0.15, 0.2) is 54.9 Å². The van der Waals surface area contributed by atoms with E-state index in [0.717, 1.165) is 35.5 Å². The van der Waals surface area contributed by atoms with Crippen LogP contribution in [0.5, 0.6) is 0 Å². The van der Waals surface area contributed by atoms with Gasteiger partial charge in [-0.05, 0) is 30.7 Å².